The third-order valence-corrected chi connectivity index (χ3v) is 7.65. The second-order valence-electron chi connectivity index (χ2n) is 11.3. The molecule has 0 spiro atoms. The number of anilines is 2. The van der Waals surface area contributed by atoms with Gasteiger partial charge in [-0.15, -0.1) is 12.4 Å². The van der Waals surface area contributed by atoms with Crippen molar-refractivity contribution in [3.8, 4) is 11.5 Å². The maximum Gasteiger partial charge on any atom is 0.322 e. The number of carbonyl (C=O) groups excluding carboxylic acids is 1. The SMILES string of the molecule is CC(C)(O)CCN(C(=O)Nc1ccc(F)cc1)C1CCN(Cc2ccc(Oc3ccc(NS(C)(=O)=O)cc3)cc2)CC1.Cl. The molecule has 1 fully saturated rings. The number of hydrogen-bond acceptors (Lipinski definition) is 6. The molecule has 0 aromatic heterocycles. The monoisotopic (exact) mass is 634 g/mol. The summed E-state index contributed by atoms with van der Waals surface area (Å²) in [7, 11) is -3.33. The van der Waals surface area contributed by atoms with Gasteiger partial charge in [0.15, 0.2) is 0 Å². The average Bonchev–Trinajstić information content (AvgIpc) is 2.92. The first-order valence-corrected chi connectivity index (χ1v) is 15.8. The number of nitrogens with one attached hydrogen (secondary N) is 2. The molecule has 0 saturated carbocycles. The van der Waals surface area contributed by atoms with E-state index in [4.69, 9.17) is 4.74 Å². The van der Waals surface area contributed by atoms with Gasteiger partial charge in [-0.1, -0.05) is 12.1 Å². The van der Waals surface area contributed by atoms with Gasteiger partial charge < -0.3 is 20.1 Å². The molecule has 4 rings (SSSR count). The highest BCUT2D eigenvalue weighted by Crippen LogP contribution is 2.26. The van der Waals surface area contributed by atoms with E-state index in [1.54, 1.807) is 43.0 Å². The quantitative estimate of drug-likeness (QED) is 0.236. The summed E-state index contributed by atoms with van der Waals surface area (Å²) in [6, 6.07) is 20.0. The summed E-state index contributed by atoms with van der Waals surface area (Å²) in [5, 5.41) is 13.2. The molecule has 0 bridgehead atoms. The fraction of sp³-hybridized carbons (Fsp3) is 0.387. The lowest BCUT2D eigenvalue weighted by Crippen LogP contribution is -2.50. The molecule has 9 nitrogen and oxygen atoms in total. The Morgan fingerprint density at radius 2 is 1.51 bits per heavy atom. The first kappa shape index (κ1) is 34.1. The summed E-state index contributed by atoms with van der Waals surface area (Å²) in [6.07, 6.45) is 3.15. The zero-order valence-electron chi connectivity index (χ0n) is 24.6. The standard InChI is InChI=1S/C31H39FN4O5S.ClH/c1-31(2,38)18-21-36(30(37)33-25-8-6-24(32)7-9-25)27-16-19-35(20-17-27)22-23-4-12-28(13-5-23)41-29-14-10-26(11-15-29)34-42(3,39)40;/h4-15,27,34,38H,16-22H2,1-3H3,(H,33,37);1H. The molecule has 3 aromatic carbocycles. The molecule has 1 saturated heterocycles. The van der Waals surface area contributed by atoms with E-state index < -0.39 is 15.6 Å². The Morgan fingerprint density at radius 3 is 2.05 bits per heavy atom. The highest BCUT2D eigenvalue weighted by atomic mass is 35.5. The summed E-state index contributed by atoms with van der Waals surface area (Å²) < 4.78 is 44.4. The fourth-order valence-electron chi connectivity index (χ4n) is 4.82. The minimum absolute atomic E-state index is 0. The van der Waals surface area contributed by atoms with Crippen LogP contribution in [0.2, 0.25) is 0 Å². The van der Waals surface area contributed by atoms with Crippen molar-refractivity contribution in [1.82, 2.24) is 9.80 Å². The minimum atomic E-state index is -3.33. The number of nitrogens with zero attached hydrogens (tertiary/aromatic N) is 2. The van der Waals surface area contributed by atoms with Crippen molar-refractivity contribution in [3.63, 3.8) is 0 Å². The van der Waals surface area contributed by atoms with Crippen molar-refractivity contribution in [2.75, 3.05) is 35.9 Å². The predicted octanol–water partition coefficient (Wildman–Crippen LogP) is 6.07. The first-order valence-electron chi connectivity index (χ1n) is 14.0. The maximum atomic E-state index is 13.3. The number of sulfonamides is 1. The third kappa shape index (κ3) is 11.3. The van der Waals surface area contributed by atoms with Crippen LogP contribution >= 0.6 is 12.4 Å². The average molecular weight is 635 g/mol. The van der Waals surface area contributed by atoms with Crippen LogP contribution in [0.25, 0.3) is 0 Å². The second kappa shape index (κ2) is 14.9. The van der Waals surface area contributed by atoms with Crippen LogP contribution < -0.4 is 14.8 Å². The number of urea groups is 1. The molecule has 1 aliphatic rings. The second-order valence-corrected chi connectivity index (χ2v) is 13.1. The van der Waals surface area contributed by atoms with Gasteiger partial charge in [0.05, 0.1) is 11.9 Å². The number of hydrogen-bond donors (Lipinski definition) is 3. The number of halogens is 2. The van der Waals surface area contributed by atoms with Crippen LogP contribution in [0.1, 0.15) is 38.7 Å². The Hall–Kier alpha value is -3.38. The molecule has 12 heteroatoms. The number of ether oxygens (including phenoxy) is 1. The molecule has 234 valence electrons. The minimum Gasteiger partial charge on any atom is -0.457 e. The molecule has 2 amide bonds. The predicted molar refractivity (Wildman–Crippen MR) is 170 cm³/mol. The van der Waals surface area contributed by atoms with Gasteiger partial charge in [0.25, 0.3) is 0 Å². The van der Waals surface area contributed by atoms with Gasteiger partial charge in [-0.3, -0.25) is 9.62 Å². The third-order valence-electron chi connectivity index (χ3n) is 7.04. The van der Waals surface area contributed by atoms with E-state index in [1.165, 1.54) is 24.3 Å². The van der Waals surface area contributed by atoms with Crippen LogP contribution in [0.3, 0.4) is 0 Å². The molecular formula is C31H40ClFN4O5S. The molecule has 3 aromatic rings. The Bertz CT molecular complexity index is 1420. The van der Waals surface area contributed by atoms with E-state index in [2.05, 4.69) is 14.9 Å². The van der Waals surface area contributed by atoms with Crippen LogP contribution in [-0.2, 0) is 16.6 Å². The Labute approximate surface area is 259 Å². The first-order chi connectivity index (χ1) is 19.8. The van der Waals surface area contributed by atoms with E-state index in [9.17, 15) is 22.7 Å². The largest absolute Gasteiger partial charge is 0.457 e. The lowest BCUT2D eigenvalue weighted by Gasteiger charge is -2.39. The van der Waals surface area contributed by atoms with Crippen LogP contribution in [-0.4, -0.2) is 66.9 Å². The lowest BCUT2D eigenvalue weighted by molar-refractivity contribution is 0.0514. The topological polar surface area (TPSA) is 111 Å². The highest BCUT2D eigenvalue weighted by molar-refractivity contribution is 7.92. The van der Waals surface area contributed by atoms with Gasteiger partial charge in [-0.2, -0.15) is 0 Å². The van der Waals surface area contributed by atoms with E-state index in [0.717, 1.165) is 44.3 Å². The Kier molecular flexibility index (Phi) is 11.8. The van der Waals surface area contributed by atoms with Gasteiger partial charge in [-0.05, 0) is 99.3 Å². The van der Waals surface area contributed by atoms with Crippen LogP contribution in [0.15, 0.2) is 72.8 Å². The number of carbonyl (C=O) groups is 1. The Balaban J connectivity index is 0.00000506. The number of benzene rings is 3. The van der Waals surface area contributed by atoms with E-state index in [1.807, 2.05) is 24.3 Å². The molecule has 0 unspecified atom stereocenters. The van der Waals surface area contributed by atoms with Gasteiger partial charge >= 0.3 is 6.03 Å². The van der Waals surface area contributed by atoms with Gasteiger partial charge in [0, 0.05) is 43.6 Å². The normalized spacial score (nSPS) is 14.4. The van der Waals surface area contributed by atoms with Crippen molar-refractivity contribution >= 4 is 39.8 Å². The summed E-state index contributed by atoms with van der Waals surface area (Å²) >= 11 is 0. The van der Waals surface area contributed by atoms with Crippen molar-refractivity contribution in [2.24, 2.45) is 0 Å². The van der Waals surface area contributed by atoms with E-state index in [-0.39, 0.29) is 30.3 Å². The van der Waals surface area contributed by atoms with Gasteiger partial charge in [0.1, 0.15) is 17.3 Å². The fourth-order valence-corrected chi connectivity index (χ4v) is 5.39. The van der Waals surface area contributed by atoms with Crippen molar-refractivity contribution < 1.29 is 27.4 Å². The Morgan fingerprint density at radius 1 is 0.977 bits per heavy atom. The number of aliphatic hydroxyl groups is 1. The number of amides is 2. The number of likely N-dealkylation sites (tertiary alicyclic amines) is 1. The summed E-state index contributed by atoms with van der Waals surface area (Å²) in [6.45, 7) is 6.29. The van der Waals surface area contributed by atoms with Gasteiger partial charge in [-0.25, -0.2) is 17.6 Å². The maximum absolute atomic E-state index is 13.3. The smallest absolute Gasteiger partial charge is 0.322 e. The molecule has 0 aliphatic carbocycles. The van der Waals surface area contributed by atoms with Crippen molar-refractivity contribution in [3.05, 3.63) is 84.2 Å². The van der Waals surface area contributed by atoms with Crippen LogP contribution in [0, 0.1) is 5.82 Å². The van der Waals surface area contributed by atoms with Gasteiger partial charge in [0.2, 0.25) is 10.0 Å². The van der Waals surface area contributed by atoms with Crippen LogP contribution in [0.5, 0.6) is 11.5 Å². The molecule has 1 heterocycles. The molecule has 3 N–H and O–H groups in total. The lowest BCUT2D eigenvalue weighted by atomic mass is 10.00. The van der Waals surface area contributed by atoms with Crippen LogP contribution in [0.4, 0.5) is 20.6 Å². The number of rotatable bonds is 11. The highest BCUT2D eigenvalue weighted by Gasteiger charge is 2.29. The number of piperidine rings is 1. The summed E-state index contributed by atoms with van der Waals surface area (Å²) in [4.78, 5) is 17.4. The van der Waals surface area contributed by atoms with E-state index >= 15 is 0 Å². The van der Waals surface area contributed by atoms with Crippen molar-refractivity contribution in [2.45, 2.75) is 51.3 Å². The molecule has 0 radical (unpaired) electrons. The van der Waals surface area contributed by atoms with E-state index in [0.29, 0.717) is 35.8 Å². The molecule has 1 aliphatic heterocycles. The zero-order chi connectivity index (χ0) is 30.3. The molecule has 0 atom stereocenters. The summed E-state index contributed by atoms with van der Waals surface area (Å²) in [5.74, 6) is 0.912. The summed E-state index contributed by atoms with van der Waals surface area (Å²) in [5.41, 5.74) is 1.24. The molecular weight excluding hydrogens is 595 g/mol. The van der Waals surface area contributed by atoms with Crippen molar-refractivity contribution in [1.29, 1.82) is 0 Å². The zero-order valence-corrected chi connectivity index (χ0v) is 26.3. The molecule has 43 heavy (non-hydrogen) atoms.